The molecule has 0 aliphatic carbocycles. The van der Waals surface area contributed by atoms with Gasteiger partial charge in [0, 0.05) is 17.0 Å². The first-order chi connectivity index (χ1) is 12.9. The van der Waals surface area contributed by atoms with Gasteiger partial charge in [-0.05, 0) is 33.3 Å². The van der Waals surface area contributed by atoms with Crippen molar-refractivity contribution in [2.45, 2.75) is 58.2 Å². The first-order valence-electron chi connectivity index (χ1n) is 9.02. The lowest BCUT2D eigenvalue weighted by Gasteiger charge is -2.21. The molecule has 1 aliphatic heterocycles. The molecule has 146 valence electrons. The summed E-state index contributed by atoms with van der Waals surface area (Å²) in [6, 6.07) is 8.98. The quantitative estimate of drug-likeness (QED) is 0.765. The van der Waals surface area contributed by atoms with Gasteiger partial charge < -0.3 is 20.1 Å². The van der Waals surface area contributed by atoms with E-state index < -0.39 is 30.5 Å². The third-order valence-corrected chi connectivity index (χ3v) is 4.61. The molecule has 2 aromatic rings. The molecule has 0 unspecified atom stereocenters. The summed E-state index contributed by atoms with van der Waals surface area (Å²) in [4.78, 5) is 8.19. The Kier molecular flexibility index (Phi) is 7.62. The van der Waals surface area contributed by atoms with Gasteiger partial charge in [-0.15, -0.1) is 0 Å². The second-order valence-corrected chi connectivity index (χ2v) is 6.60. The second kappa shape index (κ2) is 9.71. The number of benzene rings is 1. The molecule has 6 heteroatoms. The van der Waals surface area contributed by atoms with Gasteiger partial charge in [0.15, 0.2) is 0 Å². The lowest BCUT2D eigenvalue weighted by molar-refractivity contribution is -0.0635. The van der Waals surface area contributed by atoms with Crippen molar-refractivity contribution in [3.8, 4) is 0 Å². The van der Waals surface area contributed by atoms with Crippen molar-refractivity contribution in [2.24, 2.45) is 0 Å². The molecular weight excluding hydrogens is 344 g/mol. The second-order valence-electron chi connectivity index (χ2n) is 6.60. The highest BCUT2D eigenvalue weighted by Crippen LogP contribution is 2.30. The van der Waals surface area contributed by atoms with Crippen LogP contribution >= 0.6 is 0 Å². The molecule has 1 aromatic carbocycles. The Hall–Kier alpha value is -2.12. The first-order valence-corrected chi connectivity index (χ1v) is 9.02. The SMILES string of the molecule is C/C=C\c1c(C)ncnc1C.C[C@@H]1O[C@H]([C@H](O)c2ccccc2)[C@@H](O)[C@H]1O. The summed E-state index contributed by atoms with van der Waals surface area (Å²) in [5, 5.41) is 29.3. The fourth-order valence-electron chi connectivity index (χ4n) is 2.99. The fourth-order valence-corrected chi connectivity index (χ4v) is 2.99. The number of aromatic nitrogens is 2. The first kappa shape index (κ1) is 21.2. The normalized spacial score (nSPS) is 25.9. The maximum Gasteiger partial charge on any atom is 0.116 e. The molecule has 0 bridgehead atoms. The van der Waals surface area contributed by atoms with E-state index in [2.05, 4.69) is 9.97 Å². The Balaban J connectivity index is 0.000000208. The van der Waals surface area contributed by atoms with Crippen LogP contribution < -0.4 is 0 Å². The van der Waals surface area contributed by atoms with Crippen LogP contribution in [0.25, 0.3) is 6.08 Å². The number of rotatable bonds is 3. The van der Waals surface area contributed by atoms with Crippen LogP contribution in [0.4, 0.5) is 0 Å². The number of ether oxygens (including phenoxy) is 1. The number of allylic oxidation sites excluding steroid dienone is 1. The van der Waals surface area contributed by atoms with Gasteiger partial charge in [-0.1, -0.05) is 42.5 Å². The number of aryl methyl sites for hydroxylation is 2. The van der Waals surface area contributed by atoms with Crippen LogP contribution in [-0.2, 0) is 4.74 Å². The molecule has 3 rings (SSSR count). The molecular formula is C21H28N2O4. The summed E-state index contributed by atoms with van der Waals surface area (Å²) in [7, 11) is 0. The zero-order chi connectivity index (χ0) is 20.0. The van der Waals surface area contributed by atoms with Crippen LogP contribution in [0.3, 0.4) is 0 Å². The molecule has 0 spiro atoms. The lowest BCUT2D eigenvalue weighted by Crippen LogP contribution is -2.34. The third-order valence-electron chi connectivity index (χ3n) is 4.61. The lowest BCUT2D eigenvalue weighted by atomic mass is 9.99. The van der Waals surface area contributed by atoms with Crippen LogP contribution in [0.2, 0.25) is 0 Å². The van der Waals surface area contributed by atoms with Gasteiger partial charge in [-0.3, -0.25) is 0 Å². The van der Waals surface area contributed by atoms with Crippen molar-refractivity contribution in [3.63, 3.8) is 0 Å². The van der Waals surface area contributed by atoms with Gasteiger partial charge in [-0.25, -0.2) is 9.97 Å². The summed E-state index contributed by atoms with van der Waals surface area (Å²) >= 11 is 0. The predicted octanol–water partition coefficient (Wildman–Crippen LogP) is 2.36. The van der Waals surface area contributed by atoms with E-state index in [1.807, 2.05) is 39.0 Å². The minimum absolute atomic E-state index is 0.460. The molecule has 3 N–H and O–H groups in total. The molecule has 27 heavy (non-hydrogen) atoms. The largest absolute Gasteiger partial charge is 0.388 e. The van der Waals surface area contributed by atoms with Crippen molar-refractivity contribution in [2.75, 3.05) is 0 Å². The number of hydrogen-bond acceptors (Lipinski definition) is 6. The highest BCUT2D eigenvalue weighted by Gasteiger charge is 2.44. The zero-order valence-electron chi connectivity index (χ0n) is 16.1. The van der Waals surface area contributed by atoms with Gasteiger partial charge >= 0.3 is 0 Å². The van der Waals surface area contributed by atoms with E-state index in [1.165, 1.54) is 0 Å². The van der Waals surface area contributed by atoms with Crippen molar-refractivity contribution in [1.82, 2.24) is 9.97 Å². The topological polar surface area (TPSA) is 95.7 Å². The predicted molar refractivity (Wildman–Crippen MR) is 104 cm³/mol. The van der Waals surface area contributed by atoms with E-state index in [0.29, 0.717) is 5.56 Å². The summed E-state index contributed by atoms with van der Waals surface area (Å²) in [6.45, 7) is 7.64. The Morgan fingerprint density at radius 3 is 2.11 bits per heavy atom. The summed E-state index contributed by atoms with van der Waals surface area (Å²) in [6.07, 6.45) is 1.48. The van der Waals surface area contributed by atoms with E-state index >= 15 is 0 Å². The summed E-state index contributed by atoms with van der Waals surface area (Å²) < 4.78 is 5.35. The van der Waals surface area contributed by atoms with E-state index in [9.17, 15) is 15.3 Å². The fraction of sp³-hybridized carbons (Fsp3) is 0.429. The van der Waals surface area contributed by atoms with Crippen LogP contribution in [0.1, 0.15) is 42.5 Å². The molecule has 1 fully saturated rings. The van der Waals surface area contributed by atoms with E-state index in [1.54, 1.807) is 37.5 Å². The molecule has 0 radical (unpaired) electrons. The van der Waals surface area contributed by atoms with E-state index in [-0.39, 0.29) is 0 Å². The van der Waals surface area contributed by atoms with Crippen LogP contribution in [0, 0.1) is 13.8 Å². The van der Waals surface area contributed by atoms with Crippen LogP contribution in [-0.4, -0.2) is 49.7 Å². The molecule has 2 heterocycles. The van der Waals surface area contributed by atoms with Gasteiger partial charge in [-0.2, -0.15) is 0 Å². The zero-order valence-corrected chi connectivity index (χ0v) is 16.1. The van der Waals surface area contributed by atoms with Crippen molar-refractivity contribution in [1.29, 1.82) is 0 Å². The van der Waals surface area contributed by atoms with Crippen molar-refractivity contribution < 1.29 is 20.1 Å². The monoisotopic (exact) mass is 372 g/mol. The number of aliphatic hydroxyl groups is 3. The molecule has 1 aromatic heterocycles. The standard InChI is InChI=1S/C12H16O4.C9H12N2/c1-7-9(13)11(15)12(16-7)10(14)8-5-3-2-4-6-8;1-4-5-9-7(2)10-6-11-8(9)3/h2-7,9-15H,1H3;4-6H,1-3H3/b;5-4-/t7-,9-,10+,11-,12+;/m0./s1. The van der Waals surface area contributed by atoms with Gasteiger partial charge in [0.1, 0.15) is 30.7 Å². The molecule has 0 amide bonds. The van der Waals surface area contributed by atoms with E-state index in [0.717, 1.165) is 17.0 Å². The van der Waals surface area contributed by atoms with Crippen LogP contribution in [0.5, 0.6) is 0 Å². The molecule has 0 saturated carbocycles. The third kappa shape index (κ3) is 5.20. The van der Waals surface area contributed by atoms with Gasteiger partial charge in [0.25, 0.3) is 0 Å². The molecule has 1 saturated heterocycles. The van der Waals surface area contributed by atoms with Crippen LogP contribution in [0.15, 0.2) is 42.7 Å². The average molecular weight is 372 g/mol. The molecule has 1 aliphatic rings. The Morgan fingerprint density at radius 2 is 1.63 bits per heavy atom. The average Bonchev–Trinajstić information content (AvgIpc) is 2.93. The highest BCUT2D eigenvalue weighted by molar-refractivity contribution is 5.53. The van der Waals surface area contributed by atoms with Crippen molar-refractivity contribution in [3.05, 3.63) is 65.2 Å². The molecule has 6 nitrogen and oxygen atoms in total. The maximum atomic E-state index is 10.0. The number of aliphatic hydroxyl groups excluding tert-OH is 3. The minimum Gasteiger partial charge on any atom is -0.388 e. The Bertz CT molecular complexity index is 731. The summed E-state index contributed by atoms with van der Waals surface area (Å²) in [5.41, 5.74) is 3.88. The van der Waals surface area contributed by atoms with Gasteiger partial charge in [0.2, 0.25) is 0 Å². The highest BCUT2D eigenvalue weighted by atomic mass is 16.6. The molecule has 5 atom stereocenters. The Morgan fingerprint density at radius 1 is 1.04 bits per heavy atom. The van der Waals surface area contributed by atoms with E-state index in [4.69, 9.17) is 4.74 Å². The number of nitrogens with zero attached hydrogens (tertiary/aromatic N) is 2. The van der Waals surface area contributed by atoms with Gasteiger partial charge in [0.05, 0.1) is 6.10 Å². The minimum atomic E-state index is -1.05. The number of hydrogen-bond donors (Lipinski definition) is 3. The Labute approximate surface area is 160 Å². The summed E-state index contributed by atoms with van der Waals surface area (Å²) in [5.74, 6) is 0. The van der Waals surface area contributed by atoms with Crippen molar-refractivity contribution >= 4 is 6.08 Å². The smallest absolute Gasteiger partial charge is 0.116 e. The maximum absolute atomic E-state index is 10.0.